The highest BCUT2D eigenvalue weighted by atomic mass is 79.9. The maximum Gasteiger partial charge on any atom is 0.340 e. The van der Waals surface area contributed by atoms with Gasteiger partial charge in [0.1, 0.15) is 11.5 Å². The molecule has 0 saturated heterocycles. The number of benzene rings is 2. The summed E-state index contributed by atoms with van der Waals surface area (Å²) in [6.45, 7) is 1.81. The van der Waals surface area contributed by atoms with E-state index in [1.807, 2.05) is 31.2 Å². The molecule has 4 nitrogen and oxygen atoms in total. The molecule has 0 bridgehead atoms. The first kappa shape index (κ1) is 14.4. The van der Waals surface area contributed by atoms with Gasteiger partial charge in [-0.1, -0.05) is 12.1 Å². The van der Waals surface area contributed by atoms with E-state index in [9.17, 15) is 4.79 Å². The van der Waals surface area contributed by atoms with Crippen molar-refractivity contribution in [1.29, 1.82) is 0 Å². The van der Waals surface area contributed by atoms with Crippen LogP contribution in [-0.4, -0.2) is 13.1 Å². The van der Waals surface area contributed by atoms with Crippen LogP contribution in [0.15, 0.2) is 40.9 Å². The Labute approximate surface area is 125 Å². The zero-order valence-corrected chi connectivity index (χ0v) is 12.7. The van der Waals surface area contributed by atoms with Gasteiger partial charge in [0.05, 0.1) is 17.1 Å². The third-order valence-corrected chi connectivity index (χ3v) is 3.49. The molecule has 2 aromatic carbocycles. The number of halogens is 1. The van der Waals surface area contributed by atoms with Gasteiger partial charge < -0.3 is 15.2 Å². The number of aryl methyl sites for hydroxylation is 1. The summed E-state index contributed by atoms with van der Waals surface area (Å²) >= 11 is 3.41. The number of para-hydroxylation sites is 1. The van der Waals surface area contributed by atoms with E-state index in [-0.39, 0.29) is 0 Å². The second kappa shape index (κ2) is 5.96. The molecule has 0 amide bonds. The van der Waals surface area contributed by atoms with E-state index in [0.717, 1.165) is 10.0 Å². The molecular formula is C15H14BrNO3. The molecule has 5 heteroatoms. The van der Waals surface area contributed by atoms with Crippen molar-refractivity contribution in [3.05, 3.63) is 52.0 Å². The Kier molecular flexibility index (Phi) is 4.29. The minimum Gasteiger partial charge on any atom is -0.465 e. The summed E-state index contributed by atoms with van der Waals surface area (Å²) in [6, 6.07) is 10.8. The van der Waals surface area contributed by atoms with E-state index in [1.165, 1.54) is 7.11 Å². The molecule has 2 N–H and O–H groups in total. The summed E-state index contributed by atoms with van der Waals surface area (Å²) in [7, 11) is 1.32. The van der Waals surface area contributed by atoms with Gasteiger partial charge in [-0.05, 0) is 52.7 Å². The molecule has 0 aromatic heterocycles. The Bertz CT molecular complexity index is 656. The summed E-state index contributed by atoms with van der Waals surface area (Å²) in [5.41, 5.74) is 7.34. The van der Waals surface area contributed by atoms with Crippen LogP contribution >= 0.6 is 15.9 Å². The van der Waals surface area contributed by atoms with E-state index < -0.39 is 5.97 Å². The number of nitrogen functional groups attached to an aromatic ring is 1. The lowest BCUT2D eigenvalue weighted by Crippen LogP contribution is -2.07. The molecule has 0 radical (unpaired) electrons. The van der Waals surface area contributed by atoms with Gasteiger partial charge in [-0.15, -0.1) is 0 Å². The van der Waals surface area contributed by atoms with Crippen LogP contribution < -0.4 is 10.5 Å². The van der Waals surface area contributed by atoms with Crippen molar-refractivity contribution < 1.29 is 14.3 Å². The van der Waals surface area contributed by atoms with Crippen molar-refractivity contribution in [2.45, 2.75) is 6.92 Å². The minimum atomic E-state index is -0.483. The fraction of sp³-hybridized carbons (Fsp3) is 0.133. The van der Waals surface area contributed by atoms with Gasteiger partial charge in [0.15, 0.2) is 0 Å². The number of carbonyl (C=O) groups excluding carboxylic acids is 1. The highest BCUT2D eigenvalue weighted by molar-refractivity contribution is 9.10. The maximum absolute atomic E-state index is 11.7. The molecule has 104 valence electrons. The van der Waals surface area contributed by atoms with E-state index in [4.69, 9.17) is 15.2 Å². The van der Waals surface area contributed by atoms with Crippen molar-refractivity contribution in [2.24, 2.45) is 0 Å². The minimum absolute atomic E-state index is 0.301. The zero-order chi connectivity index (χ0) is 14.7. The largest absolute Gasteiger partial charge is 0.465 e. The molecule has 0 aliphatic carbocycles. The van der Waals surface area contributed by atoms with Crippen LogP contribution in [0.5, 0.6) is 11.5 Å². The Balaban J connectivity index is 2.41. The van der Waals surface area contributed by atoms with E-state index >= 15 is 0 Å². The average Bonchev–Trinajstić information content (AvgIpc) is 2.44. The number of esters is 1. The first-order valence-electron chi connectivity index (χ1n) is 5.93. The molecule has 0 heterocycles. The summed E-state index contributed by atoms with van der Waals surface area (Å²) < 4.78 is 11.3. The van der Waals surface area contributed by atoms with Crippen molar-refractivity contribution >= 4 is 27.6 Å². The summed E-state index contributed by atoms with van der Waals surface area (Å²) in [4.78, 5) is 11.7. The smallest absolute Gasteiger partial charge is 0.340 e. The molecule has 2 aromatic rings. The number of carbonyl (C=O) groups is 1. The number of hydrogen-bond donors (Lipinski definition) is 1. The molecule has 0 aliphatic rings. The molecule has 2 rings (SSSR count). The van der Waals surface area contributed by atoms with Gasteiger partial charge in [-0.3, -0.25) is 0 Å². The predicted octanol–water partition coefficient (Wildman–Crippen LogP) is 3.92. The third kappa shape index (κ3) is 2.93. The van der Waals surface area contributed by atoms with Crippen LogP contribution in [0.25, 0.3) is 0 Å². The molecule has 0 spiro atoms. The highest BCUT2D eigenvalue weighted by Crippen LogP contribution is 2.32. The Morgan fingerprint density at radius 1 is 1.25 bits per heavy atom. The van der Waals surface area contributed by atoms with Crippen LogP contribution in [0, 0.1) is 6.92 Å². The summed E-state index contributed by atoms with van der Waals surface area (Å²) in [5, 5.41) is 0. The lowest BCUT2D eigenvalue weighted by Gasteiger charge is -2.12. The Morgan fingerprint density at radius 2 is 1.95 bits per heavy atom. The monoisotopic (exact) mass is 335 g/mol. The molecule has 20 heavy (non-hydrogen) atoms. The first-order valence-corrected chi connectivity index (χ1v) is 6.73. The second-order valence-electron chi connectivity index (χ2n) is 4.23. The van der Waals surface area contributed by atoms with Crippen LogP contribution in [0.1, 0.15) is 15.9 Å². The number of rotatable bonds is 3. The third-order valence-electron chi connectivity index (χ3n) is 2.83. The average molecular weight is 336 g/mol. The molecule has 0 saturated carbocycles. The van der Waals surface area contributed by atoms with Crippen LogP contribution in [0.2, 0.25) is 0 Å². The standard InChI is InChI=1S/C15H14BrNO3/c1-9-7-10(8-11(14(9)17)15(18)19-2)20-13-6-4-3-5-12(13)16/h3-8H,17H2,1-2H3. The van der Waals surface area contributed by atoms with Crippen LogP contribution in [-0.2, 0) is 4.74 Å². The lowest BCUT2D eigenvalue weighted by molar-refractivity contribution is 0.0601. The Morgan fingerprint density at radius 3 is 2.60 bits per heavy atom. The molecule has 0 fully saturated rings. The molecule has 0 aliphatic heterocycles. The van der Waals surface area contributed by atoms with E-state index in [2.05, 4.69) is 15.9 Å². The van der Waals surface area contributed by atoms with Crippen molar-refractivity contribution in [1.82, 2.24) is 0 Å². The van der Waals surface area contributed by atoms with Crippen LogP contribution in [0.3, 0.4) is 0 Å². The Hall–Kier alpha value is -2.01. The van der Waals surface area contributed by atoms with E-state index in [0.29, 0.717) is 22.7 Å². The van der Waals surface area contributed by atoms with Crippen LogP contribution in [0.4, 0.5) is 5.69 Å². The predicted molar refractivity (Wildman–Crippen MR) is 81.1 cm³/mol. The summed E-state index contributed by atoms with van der Waals surface area (Å²) in [5.74, 6) is 0.708. The second-order valence-corrected chi connectivity index (χ2v) is 5.08. The number of nitrogens with two attached hydrogens (primary N) is 1. The van der Waals surface area contributed by atoms with E-state index in [1.54, 1.807) is 12.1 Å². The molecule has 0 unspecified atom stereocenters. The lowest BCUT2D eigenvalue weighted by atomic mass is 10.1. The fourth-order valence-corrected chi connectivity index (χ4v) is 2.12. The first-order chi connectivity index (χ1) is 9.52. The highest BCUT2D eigenvalue weighted by Gasteiger charge is 2.14. The van der Waals surface area contributed by atoms with Crippen molar-refractivity contribution in [2.75, 3.05) is 12.8 Å². The number of anilines is 1. The van der Waals surface area contributed by atoms with Crippen molar-refractivity contribution in [3.8, 4) is 11.5 Å². The van der Waals surface area contributed by atoms with Gasteiger partial charge >= 0.3 is 5.97 Å². The molecule has 0 atom stereocenters. The maximum atomic E-state index is 11.7. The number of methoxy groups -OCH3 is 1. The van der Waals surface area contributed by atoms with Gasteiger partial charge in [-0.2, -0.15) is 0 Å². The number of hydrogen-bond acceptors (Lipinski definition) is 4. The fourth-order valence-electron chi connectivity index (χ4n) is 1.76. The SMILES string of the molecule is COC(=O)c1cc(Oc2ccccc2Br)cc(C)c1N. The van der Waals surface area contributed by atoms with Gasteiger partial charge in [0.2, 0.25) is 0 Å². The topological polar surface area (TPSA) is 61.5 Å². The van der Waals surface area contributed by atoms with Gasteiger partial charge in [0, 0.05) is 5.69 Å². The normalized spacial score (nSPS) is 10.2. The summed E-state index contributed by atoms with van der Waals surface area (Å²) in [6.07, 6.45) is 0. The quantitative estimate of drug-likeness (QED) is 0.682. The van der Waals surface area contributed by atoms with Crippen molar-refractivity contribution in [3.63, 3.8) is 0 Å². The molecular weight excluding hydrogens is 322 g/mol. The van der Waals surface area contributed by atoms with Gasteiger partial charge in [0.25, 0.3) is 0 Å². The van der Waals surface area contributed by atoms with Gasteiger partial charge in [-0.25, -0.2) is 4.79 Å². The number of ether oxygens (including phenoxy) is 2. The zero-order valence-electron chi connectivity index (χ0n) is 11.1.